The smallest absolute Gasteiger partial charge is 0.255 e. The van der Waals surface area contributed by atoms with Gasteiger partial charge in [-0.05, 0) is 66.7 Å². The first kappa shape index (κ1) is 30.0. The van der Waals surface area contributed by atoms with Crippen molar-refractivity contribution in [2.75, 3.05) is 26.2 Å². The van der Waals surface area contributed by atoms with Crippen molar-refractivity contribution in [3.05, 3.63) is 70.0 Å². The van der Waals surface area contributed by atoms with Crippen molar-refractivity contribution in [1.82, 2.24) is 10.2 Å². The van der Waals surface area contributed by atoms with Crippen LogP contribution < -0.4 is 11.1 Å². The van der Waals surface area contributed by atoms with Crippen LogP contribution in [0.2, 0.25) is 0 Å². The number of aliphatic hydroxyl groups excluding tert-OH is 2. The van der Waals surface area contributed by atoms with Gasteiger partial charge in [0, 0.05) is 36.6 Å². The van der Waals surface area contributed by atoms with Gasteiger partial charge in [0.15, 0.2) is 11.4 Å². The summed E-state index contributed by atoms with van der Waals surface area (Å²) in [5.41, 5.74) is 3.84. The Hall–Kier alpha value is -4.48. The highest BCUT2D eigenvalue weighted by atomic mass is 16.3. The van der Waals surface area contributed by atoms with Crippen molar-refractivity contribution >= 4 is 29.1 Å². The molecule has 0 aromatic heterocycles. The minimum Gasteiger partial charge on any atom is -0.508 e. The molecule has 0 aliphatic heterocycles. The zero-order valence-corrected chi connectivity index (χ0v) is 24.0. The molecule has 2 aromatic carbocycles. The number of phenolic OH excluding ortho intramolecular Hbond substituents is 1. The van der Waals surface area contributed by atoms with Crippen molar-refractivity contribution in [2.45, 2.75) is 38.7 Å². The van der Waals surface area contributed by atoms with Crippen LogP contribution in [0.15, 0.2) is 53.3 Å². The monoisotopic (exact) mass is 589 g/mol. The third kappa shape index (κ3) is 4.88. The summed E-state index contributed by atoms with van der Waals surface area (Å²) in [6.07, 6.45) is -0.189. The number of aromatic hydroxyl groups is 1. The van der Waals surface area contributed by atoms with E-state index >= 15 is 0 Å². The molecule has 0 bridgehead atoms. The predicted molar refractivity (Wildman–Crippen MR) is 157 cm³/mol. The van der Waals surface area contributed by atoms with E-state index in [0.29, 0.717) is 28.8 Å². The molecule has 2 aromatic rings. The Morgan fingerprint density at radius 3 is 2.47 bits per heavy atom. The standard InChI is InChI=1S/C32H35N3O8/c1-3-35(4-2)11-10-34-31(42)17-7-5-6-16(12-17)20-8-9-22(36)25-21(20)14-18-13-19-15-23(37)26(30(33)41)29(40)32(19,43)28(39)24(18)27(25)38/h5-9,12,18-19,36,38,40,43H,3-4,10-11,13-15H2,1-2H3,(H2,33,41)(H,34,42)/t18-,19+,32+/m1/s1. The topological polar surface area (TPSA) is 190 Å². The van der Waals surface area contributed by atoms with Crippen LogP contribution in [-0.4, -0.2) is 80.5 Å². The lowest BCUT2D eigenvalue weighted by atomic mass is 9.59. The molecule has 11 heteroatoms. The maximum atomic E-state index is 13.7. The number of fused-ring (bicyclic) bond motifs is 3. The van der Waals surface area contributed by atoms with E-state index in [4.69, 9.17) is 5.73 Å². The van der Waals surface area contributed by atoms with Crippen molar-refractivity contribution in [3.8, 4) is 16.9 Å². The molecule has 0 heterocycles. The van der Waals surface area contributed by atoms with Gasteiger partial charge < -0.3 is 36.4 Å². The Balaban J connectivity index is 1.53. The number of hydrogen-bond acceptors (Lipinski definition) is 9. The van der Waals surface area contributed by atoms with Gasteiger partial charge in [-0.2, -0.15) is 0 Å². The van der Waals surface area contributed by atoms with Gasteiger partial charge in [-0.1, -0.05) is 32.0 Å². The number of nitrogens with two attached hydrogens (primary N) is 1. The average molecular weight is 590 g/mol. The lowest BCUT2D eigenvalue weighted by Gasteiger charge is -2.46. The normalized spacial score (nSPS) is 23.2. The number of carbonyl (C=O) groups is 4. The zero-order valence-electron chi connectivity index (χ0n) is 24.0. The summed E-state index contributed by atoms with van der Waals surface area (Å²) in [5.74, 6) is -7.01. The summed E-state index contributed by atoms with van der Waals surface area (Å²) in [6.45, 7) is 7.08. The Morgan fingerprint density at radius 1 is 1.07 bits per heavy atom. The van der Waals surface area contributed by atoms with Gasteiger partial charge in [0.25, 0.3) is 11.8 Å². The van der Waals surface area contributed by atoms with E-state index in [1.165, 1.54) is 6.07 Å². The molecule has 0 spiro atoms. The van der Waals surface area contributed by atoms with Crippen molar-refractivity contribution < 1.29 is 39.6 Å². The number of amides is 2. The molecule has 3 aliphatic rings. The second kappa shape index (κ2) is 11.3. The van der Waals surface area contributed by atoms with E-state index in [2.05, 4.69) is 24.1 Å². The van der Waals surface area contributed by atoms with Crippen LogP contribution in [0.5, 0.6) is 5.75 Å². The summed E-state index contributed by atoms with van der Waals surface area (Å²) in [7, 11) is 0. The van der Waals surface area contributed by atoms with Crippen LogP contribution in [0.4, 0.5) is 0 Å². The SMILES string of the molecule is CCN(CC)CCNC(=O)c1cccc(-c2ccc(O)c3c2C[C@H]2C[C@H]4CC(=O)C(C(N)=O)=C(O)[C@@]4(O)C(=O)C2=C3O)c1. The Morgan fingerprint density at radius 2 is 1.79 bits per heavy atom. The molecule has 0 radical (unpaired) electrons. The van der Waals surface area contributed by atoms with E-state index in [-0.39, 0.29) is 42.1 Å². The molecule has 2 amide bonds. The fourth-order valence-electron chi connectivity index (χ4n) is 6.69. The summed E-state index contributed by atoms with van der Waals surface area (Å²) < 4.78 is 0. The fraction of sp³-hybridized carbons (Fsp3) is 0.375. The van der Waals surface area contributed by atoms with E-state index in [0.717, 1.165) is 19.6 Å². The number of benzene rings is 2. The van der Waals surface area contributed by atoms with Crippen molar-refractivity contribution in [2.24, 2.45) is 17.6 Å². The molecule has 1 saturated carbocycles. The number of Topliss-reactive ketones (excluding diaryl/α,β-unsaturated/α-hetero) is 2. The summed E-state index contributed by atoms with van der Waals surface area (Å²) in [4.78, 5) is 53.3. The van der Waals surface area contributed by atoms with Gasteiger partial charge in [0.1, 0.15) is 22.8 Å². The van der Waals surface area contributed by atoms with Crippen LogP contribution in [0.25, 0.3) is 16.9 Å². The lowest BCUT2D eigenvalue weighted by molar-refractivity contribution is -0.147. The molecule has 5 rings (SSSR count). The second-order valence-corrected chi connectivity index (χ2v) is 11.3. The molecule has 11 nitrogen and oxygen atoms in total. The zero-order chi connectivity index (χ0) is 31.2. The fourth-order valence-corrected chi connectivity index (χ4v) is 6.69. The van der Waals surface area contributed by atoms with Gasteiger partial charge >= 0.3 is 0 Å². The number of carbonyl (C=O) groups excluding carboxylic acids is 4. The number of hydrogen-bond donors (Lipinski definition) is 6. The molecule has 226 valence electrons. The highest BCUT2D eigenvalue weighted by Gasteiger charge is 2.60. The third-order valence-corrected chi connectivity index (χ3v) is 8.99. The lowest BCUT2D eigenvalue weighted by Crippen LogP contribution is -2.58. The van der Waals surface area contributed by atoms with Gasteiger partial charge in [0.2, 0.25) is 5.78 Å². The highest BCUT2D eigenvalue weighted by Crippen LogP contribution is 2.53. The van der Waals surface area contributed by atoms with Gasteiger partial charge in [-0.25, -0.2) is 0 Å². The Bertz CT molecular complexity index is 1610. The van der Waals surface area contributed by atoms with E-state index in [9.17, 15) is 39.6 Å². The quantitative estimate of drug-likeness (QED) is 0.251. The Kier molecular flexibility index (Phi) is 7.89. The number of nitrogens with one attached hydrogen (secondary N) is 1. The van der Waals surface area contributed by atoms with Crippen LogP contribution in [0, 0.1) is 11.8 Å². The van der Waals surface area contributed by atoms with Crippen LogP contribution in [-0.2, 0) is 20.8 Å². The van der Waals surface area contributed by atoms with Crippen LogP contribution in [0.3, 0.4) is 0 Å². The van der Waals surface area contributed by atoms with E-state index < -0.39 is 52.0 Å². The molecular weight excluding hydrogens is 554 g/mol. The third-order valence-electron chi connectivity index (χ3n) is 8.99. The van der Waals surface area contributed by atoms with E-state index in [1.54, 1.807) is 30.3 Å². The number of aliphatic hydroxyl groups is 3. The van der Waals surface area contributed by atoms with Crippen molar-refractivity contribution in [3.63, 3.8) is 0 Å². The minimum atomic E-state index is -2.62. The molecule has 43 heavy (non-hydrogen) atoms. The Labute approximate surface area is 248 Å². The second-order valence-electron chi connectivity index (χ2n) is 11.3. The number of likely N-dealkylation sites (N-methyl/N-ethyl adjacent to an activating group) is 1. The molecule has 1 fully saturated rings. The summed E-state index contributed by atoms with van der Waals surface area (Å²) in [6, 6.07) is 9.99. The molecule has 0 unspecified atom stereocenters. The number of phenols is 1. The first-order valence-corrected chi connectivity index (χ1v) is 14.4. The van der Waals surface area contributed by atoms with Gasteiger partial charge in [-0.3, -0.25) is 19.2 Å². The van der Waals surface area contributed by atoms with Crippen LogP contribution >= 0.6 is 0 Å². The van der Waals surface area contributed by atoms with E-state index in [1.807, 2.05) is 0 Å². The van der Waals surface area contributed by atoms with Crippen LogP contribution in [0.1, 0.15) is 48.2 Å². The highest BCUT2D eigenvalue weighted by molar-refractivity contribution is 6.22. The maximum Gasteiger partial charge on any atom is 0.255 e. The summed E-state index contributed by atoms with van der Waals surface area (Å²) >= 11 is 0. The predicted octanol–water partition coefficient (Wildman–Crippen LogP) is 2.16. The average Bonchev–Trinajstić information content (AvgIpc) is 2.97. The number of nitrogens with zero attached hydrogens (tertiary/aromatic N) is 1. The first-order chi connectivity index (χ1) is 20.4. The molecule has 3 atom stereocenters. The van der Waals surface area contributed by atoms with Gasteiger partial charge in [-0.15, -0.1) is 0 Å². The number of rotatable bonds is 8. The summed E-state index contributed by atoms with van der Waals surface area (Å²) in [5, 5.41) is 47.3. The number of primary amides is 1. The maximum absolute atomic E-state index is 13.7. The minimum absolute atomic E-state index is 0.00120. The number of ketones is 2. The van der Waals surface area contributed by atoms with Crippen molar-refractivity contribution in [1.29, 1.82) is 0 Å². The molecular formula is C32H35N3O8. The first-order valence-electron chi connectivity index (χ1n) is 14.4. The van der Waals surface area contributed by atoms with Gasteiger partial charge in [0.05, 0.1) is 5.56 Å². The largest absolute Gasteiger partial charge is 0.508 e. The molecule has 3 aliphatic carbocycles. The molecule has 7 N–H and O–H groups in total. The molecule has 0 saturated heterocycles.